The van der Waals surface area contributed by atoms with Crippen molar-refractivity contribution < 1.29 is 13.2 Å². The molecule has 24 heavy (non-hydrogen) atoms. The highest BCUT2D eigenvalue weighted by atomic mass is 32.2. The summed E-state index contributed by atoms with van der Waals surface area (Å²) in [5.74, 6) is -0.336. The van der Waals surface area contributed by atoms with Crippen LogP contribution in [-0.2, 0) is 10.0 Å². The van der Waals surface area contributed by atoms with Gasteiger partial charge in [-0.05, 0) is 31.9 Å². The molecule has 2 heterocycles. The van der Waals surface area contributed by atoms with Gasteiger partial charge in [0.2, 0.25) is 9.47 Å². The van der Waals surface area contributed by atoms with Crippen LogP contribution in [0.25, 0.3) is 0 Å². The first-order valence-corrected chi connectivity index (χ1v) is 9.94. The van der Waals surface area contributed by atoms with Gasteiger partial charge in [-0.25, -0.2) is 8.42 Å². The molecule has 1 amide bonds. The molecule has 2 aromatic rings. The molecule has 1 saturated heterocycles. The van der Waals surface area contributed by atoms with Gasteiger partial charge in [0.1, 0.15) is 0 Å². The molecule has 0 atom stereocenters. The highest BCUT2D eigenvalue weighted by Crippen LogP contribution is 2.25. The molecule has 1 N–H and O–H groups in total. The van der Waals surface area contributed by atoms with E-state index in [2.05, 4.69) is 15.5 Å². The molecule has 1 aliphatic rings. The lowest BCUT2D eigenvalue weighted by Crippen LogP contribution is -2.35. The second-order valence-electron chi connectivity index (χ2n) is 5.66. The smallest absolute Gasteiger partial charge is 0.272 e. The van der Waals surface area contributed by atoms with Crippen molar-refractivity contribution in [3.63, 3.8) is 0 Å². The Hall–Kier alpha value is -1.84. The maximum Gasteiger partial charge on any atom is 0.272 e. The maximum absolute atomic E-state index is 12.5. The van der Waals surface area contributed by atoms with Gasteiger partial charge in [-0.3, -0.25) is 10.1 Å². The van der Waals surface area contributed by atoms with Crippen molar-refractivity contribution in [2.45, 2.75) is 30.5 Å². The molecule has 9 heteroatoms. The second kappa shape index (κ2) is 6.96. The molecule has 1 aromatic heterocycles. The molecule has 1 aromatic carbocycles. The summed E-state index contributed by atoms with van der Waals surface area (Å²) < 4.78 is 26.4. The van der Waals surface area contributed by atoms with Gasteiger partial charge in [-0.2, -0.15) is 4.31 Å². The third-order valence-corrected chi connectivity index (χ3v) is 6.87. The molecule has 1 fully saturated rings. The summed E-state index contributed by atoms with van der Waals surface area (Å²) in [5, 5.41) is 10.3. The molecular formula is C15H18N4O3S2. The normalized spacial score (nSPS) is 16.0. The van der Waals surface area contributed by atoms with E-state index in [1.807, 2.05) is 13.0 Å². The van der Waals surface area contributed by atoms with Gasteiger partial charge in [0.25, 0.3) is 15.9 Å². The van der Waals surface area contributed by atoms with Crippen molar-refractivity contribution in [2.24, 2.45) is 0 Å². The third kappa shape index (κ3) is 3.63. The van der Waals surface area contributed by atoms with E-state index < -0.39 is 10.0 Å². The maximum atomic E-state index is 12.5. The molecule has 7 nitrogen and oxygen atoms in total. The van der Waals surface area contributed by atoms with Crippen LogP contribution in [0.5, 0.6) is 0 Å². The lowest BCUT2D eigenvalue weighted by Gasteiger charge is -2.24. The summed E-state index contributed by atoms with van der Waals surface area (Å²) in [6.07, 6.45) is 2.75. The average Bonchev–Trinajstić information content (AvgIpc) is 3.05. The fourth-order valence-corrected chi connectivity index (χ4v) is 5.09. The van der Waals surface area contributed by atoms with E-state index in [0.717, 1.165) is 36.2 Å². The summed E-state index contributed by atoms with van der Waals surface area (Å²) in [6, 6.07) is 7.12. The summed E-state index contributed by atoms with van der Waals surface area (Å²) >= 11 is 0.877. The summed E-state index contributed by atoms with van der Waals surface area (Å²) in [5.41, 5.74) is 1.46. The third-order valence-electron chi connectivity index (χ3n) is 3.78. The first-order valence-electron chi connectivity index (χ1n) is 7.68. The number of benzene rings is 1. The number of anilines is 1. The summed E-state index contributed by atoms with van der Waals surface area (Å²) in [4.78, 5) is 12.2. The molecule has 0 radical (unpaired) electrons. The monoisotopic (exact) mass is 366 g/mol. The van der Waals surface area contributed by atoms with E-state index in [0.29, 0.717) is 18.7 Å². The number of hydrogen-bond acceptors (Lipinski definition) is 6. The van der Waals surface area contributed by atoms with Crippen molar-refractivity contribution in [1.29, 1.82) is 0 Å². The number of hydrogen-bond donors (Lipinski definition) is 1. The topological polar surface area (TPSA) is 92.3 Å². The van der Waals surface area contributed by atoms with Crippen LogP contribution in [0, 0.1) is 6.92 Å². The number of carbonyl (C=O) groups excluding carboxylic acids is 1. The van der Waals surface area contributed by atoms with Crippen LogP contribution in [0.4, 0.5) is 5.13 Å². The predicted molar refractivity (Wildman–Crippen MR) is 91.7 cm³/mol. The molecule has 1 aliphatic heterocycles. The van der Waals surface area contributed by atoms with E-state index in [1.165, 1.54) is 4.31 Å². The Balaban J connectivity index is 1.74. The first-order chi connectivity index (χ1) is 11.5. The Morgan fingerprint density at radius 2 is 1.96 bits per heavy atom. The van der Waals surface area contributed by atoms with E-state index in [9.17, 15) is 13.2 Å². The standard InChI is InChI=1S/C15H18N4O3S2/c1-11-6-5-7-12(10-11)13(20)16-14-17-18-15(23-14)24(21,22)19-8-3-2-4-9-19/h5-7,10H,2-4,8-9H2,1H3,(H,16,17,20). The zero-order valence-corrected chi connectivity index (χ0v) is 14.9. The quantitative estimate of drug-likeness (QED) is 0.838. The van der Waals surface area contributed by atoms with Crippen molar-refractivity contribution in [2.75, 3.05) is 18.4 Å². The Bertz CT molecular complexity index is 842. The van der Waals surface area contributed by atoms with E-state index >= 15 is 0 Å². The number of sulfonamides is 1. The highest BCUT2D eigenvalue weighted by Gasteiger charge is 2.29. The molecule has 128 valence electrons. The Kier molecular flexibility index (Phi) is 4.93. The van der Waals surface area contributed by atoms with Crippen molar-refractivity contribution in [1.82, 2.24) is 14.5 Å². The summed E-state index contributed by atoms with van der Waals surface area (Å²) in [6.45, 7) is 2.91. The minimum absolute atomic E-state index is 0.0797. The van der Waals surface area contributed by atoms with Gasteiger partial charge in [0.15, 0.2) is 0 Å². The summed E-state index contributed by atoms with van der Waals surface area (Å²) in [7, 11) is -3.62. The zero-order chi connectivity index (χ0) is 17.2. The fraction of sp³-hybridized carbons (Fsp3) is 0.400. The van der Waals surface area contributed by atoms with Gasteiger partial charge >= 0.3 is 0 Å². The molecule has 0 unspecified atom stereocenters. The number of piperidine rings is 1. The Morgan fingerprint density at radius 3 is 2.67 bits per heavy atom. The van der Waals surface area contributed by atoms with Gasteiger partial charge in [0, 0.05) is 18.7 Å². The fourth-order valence-electron chi connectivity index (χ4n) is 2.54. The van der Waals surface area contributed by atoms with Gasteiger partial charge in [0.05, 0.1) is 0 Å². The lowest BCUT2D eigenvalue weighted by molar-refractivity contribution is 0.102. The van der Waals surface area contributed by atoms with Crippen molar-refractivity contribution in [3.8, 4) is 0 Å². The number of aromatic nitrogens is 2. The Labute approximate surface area is 144 Å². The lowest BCUT2D eigenvalue weighted by atomic mass is 10.1. The molecule has 0 spiro atoms. The van der Waals surface area contributed by atoms with Crippen LogP contribution in [0.1, 0.15) is 35.2 Å². The minimum Gasteiger partial charge on any atom is -0.296 e. The van der Waals surface area contributed by atoms with Crippen molar-refractivity contribution >= 4 is 32.4 Å². The van der Waals surface area contributed by atoms with E-state index in [-0.39, 0.29) is 15.4 Å². The number of amides is 1. The second-order valence-corrected chi connectivity index (χ2v) is 8.75. The zero-order valence-electron chi connectivity index (χ0n) is 13.2. The molecule has 0 aliphatic carbocycles. The van der Waals surface area contributed by atoms with Crippen LogP contribution in [-0.4, -0.2) is 41.9 Å². The molecule has 0 bridgehead atoms. The van der Waals surface area contributed by atoms with Crippen LogP contribution in [0.2, 0.25) is 0 Å². The Morgan fingerprint density at radius 1 is 1.21 bits per heavy atom. The number of rotatable bonds is 4. The van der Waals surface area contributed by atoms with Crippen LogP contribution in [0.15, 0.2) is 28.6 Å². The average molecular weight is 366 g/mol. The molecule has 3 rings (SSSR count). The number of nitrogens with zero attached hydrogens (tertiary/aromatic N) is 3. The largest absolute Gasteiger partial charge is 0.296 e. The molecular weight excluding hydrogens is 348 g/mol. The predicted octanol–water partition coefficient (Wildman–Crippen LogP) is 2.27. The number of aryl methyl sites for hydroxylation is 1. The van der Waals surface area contributed by atoms with Crippen LogP contribution in [0.3, 0.4) is 0 Å². The highest BCUT2D eigenvalue weighted by molar-refractivity contribution is 7.91. The number of carbonyl (C=O) groups is 1. The van der Waals surface area contributed by atoms with E-state index in [4.69, 9.17) is 0 Å². The van der Waals surface area contributed by atoms with Crippen molar-refractivity contribution in [3.05, 3.63) is 35.4 Å². The van der Waals surface area contributed by atoms with Gasteiger partial charge < -0.3 is 0 Å². The van der Waals surface area contributed by atoms with Crippen LogP contribution >= 0.6 is 11.3 Å². The van der Waals surface area contributed by atoms with Gasteiger partial charge in [-0.1, -0.05) is 35.5 Å². The van der Waals surface area contributed by atoms with Crippen LogP contribution < -0.4 is 5.32 Å². The minimum atomic E-state index is -3.62. The first kappa shape index (κ1) is 17.0. The van der Waals surface area contributed by atoms with E-state index in [1.54, 1.807) is 18.2 Å². The number of nitrogens with one attached hydrogen (secondary N) is 1. The SMILES string of the molecule is Cc1cccc(C(=O)Nc2nnc(S(=O)(=O)N3CCCCC3)s2)c1. The van der Waals surface area contributed by atoms with Gasteiger partial charge in [-0.15, -0.1) is 10.2 Å². The molecule has 0 saturated carbocycles.